The van der Waals surface area contributed by atoms with Crippen LogP contribution in [0.4, 0.5) is 40.8 Å². The molecule has 0 saturated heterocycles. The molecule has 0 fully saturated rings. The quantitative estimate of drug-likeness (QED) is 0.338. The Hall–Kier alpha value is -4.61. The van der Waals surface area contributed by atoms with Crippen molar-refractivity contribution in [1.82, 2.24) is 15.0 Å². The number of hydrogen-bond acceptors (Lipinski definition) is 5. The zero-order chi connectivity index (χ0) is 26.9. The fourth-order valence-electron chi connectivity index (χ4n) is 3.74. The maximum atomic E-state index is 13.3. The van der Waals surface area contributed by atoms with Gasteiger partial charge < -0.3 is 20.5 Å². The van der Waals surface area contributed by atoms with E-state index in [-0.39, 0.29) is 5.56 Å². The average Bonchev–Trinajstić information content (AvgIpc) is 3.33. The third-order valence-electron chi connectivity index (χ3n) is 5.74. The number of alkyl halides is 3. The van der Waals surface area contributed by atoms with Crippen LogP contribution >= 0.6 is 0 Å². The van der Waals surface area contributed by atoms with E-state index in [0.717, 1.165) is 12.1 Å². The number of nitrogens with one attached hydrogen (secondary N) is 3. The number of H-pyrrole nitrogens is 1. The SMILES string of the molecule is Cc1ccc(NC(=O)c2cc(C(F)(F)F)ccc2N(C)C)cc1NC(=O)N(C)c1ncnc2[nH]ccc12. The summed E-state index contributed by atoms with van der Waals surface area (Å²) < 4.78 is 39.8. The number of carbonyl (C=O) groups is 2. The van der Waals surface area contributed by atoms with Crippen LogP contribution in [0, 0.1) is 6.92 Å². The van der Waals surface area contributed by atoms with Crippen LogP contribution in [-0.4, -0.2) is 48.0 Å². The van der Waals surface area contributed by atoms with Crippen LogP contribution in [0.2, 0.25) is 0 Å². The fraction of sp³-hybridized carbons (Fsp3) is 0.200. The van der Waals surface area contributed by atoms with Crippen LogP contribution in [0.5, 0.6) is 0 Å². The van der Waals surface area contributed by atoms with Crippen LogP contribution in [0.25, 0.3) is 11.0 Å². The second kappa shape index (κ2) is 9.80. The lowest BCUT2D eigenvalue weighted by Crippen LogP contribution is -2.32. The second-order valence-corrected chi connectivity index (χ2v) is 8.53. The summed E-state index contributed by atoms with van der Waals surface area (Å²) in [7, 11) is 4.82. The van der Waals surface area contributed by atoms with Crippen LogP contribution in [0.15, 0.2) is 55.0 Å². The number of anilines is 4. The molecule has 2 aromatic carbocycles. The van der Waals surface area contributed by atoms with Gasteiger partial charge in [0.1, 0.15) is 17.8 Å². The molecule has 0 spiro atoms. The molecule has 0 atom stereocenters. The molecule has 2 aromatic heterocycles. The maximum absolute atomic E-state index is 13.3. The normalized spacial score (nSPS) is 11.3. The van der Waals surface area contributed by atoms with Crippen molar-refractivity contribution in [3.05, 3.63) is 71.7 Å². The Labute approximate surface area is 210 Å². The number of halogens is 3. The van der Waals surface area contributed by atoms with E-state index in [9.17, 15) is 22.8 Å². The van der Waals surface area contributed by atoms with Gasteiger partial charge in [0.25, 0.3) is 5.91 Å². The molecular formula is C25H24F3N7O2. The van der Waals surface area contributed by atoms with Crippen molar-refractivity contribution >= 4 is 45.9 Å². The molecular weight excluding hydrogens is 487 g/mol. The minimum absolute atomic E-state index is 0.134. The number of aryl methyl sites for hydroxylation is 1. The van der Waals surface area contributed by atoms with Crippen LogP contribution in [0.3, 0.4) is 0 Å². The zero-order valence-corrected chi connectivity index (χ0v) is 20.4. The predicted molar refractivity (Wildman–Crippen MR) is 136 cm³/mol. The van der Waals surface area contributed by atoms with E-state index in [1.165, 1.54) is 23.4 Å². The molecule has 0 aliphatic carbocycles. The van der Waals surface area contributed by atoms with Crippen molar-refractivity contribution in [2.45, 2.75) is 13.1 Å². The van der Waals surface area contributed by atoms with Gasteiger partial charge in [-0.25, -0.2) is 14.8 Å². The predicted octanol–water partition coefficient (Wildman–Crippen LogP) is 5.27. The van der Waals surface area contributed by atoms with Gasteiger partial charge >= 0.3 is 12.2 Å². The van der Waals surface area contributed by atoms with Crippen molar-refractivity contribution in [1.29, 1.82) is 0 Å². The highest BCUT2D eigenvalue weighted by molar-refractivity contribution is 6.09. The second-order valence-electron chi connectivity index (χ2n) is 8.53. The van der Waals surface area contributed by atoms with Gasteiger partial charge in [-0.3, -0.25) is 9.69 Å². The average molecular weight is 512 g/mol. The van der Waals surface area contributed by atoms with Crippen molar-refractivity contribution in [2.24, 2.45) is 0 Å². The van der Waals surface area contributed by atoms with Gasteiger partial charge in [0.15, 0.2) is 0 Å². The lowest BCUT2D eigenvalue weighted by atomic mass is 10.1. The van der Waals surface area contributed by atoms with E-state index in [1.807, 2.05) is 0 Å². The zero-order valence-electron chi connectivity index (χ0n) is 20.4. The van der Waals surface area contributed by atoms with Gasteiger partial charge in [0.2, 0.25) is 0 Å². The number of amides is 3. The topological polar surface area (TPSA) is 106 Å². The number of aromatic amines is 1. The number of hydrogen-bond donors (Lipinski definition) is 3. The first-order chi connectivity index (χ1) is 17.5. The number of urea groups is 1. The van der Waals surface area contributed by atoms with E-state index in [2.05, 4.69) is 25.6 Å². The standard InChI is InChI=1S/C25H24F3N7O2/c1-14-5-7-16(32-23(36)18-11-15(25(26,27)28)6-8-20(18)34(2)3)12-19(14)33-24(37)35(4)22-17-9-10-29-21(17)30-13-31-22/h5-13H,1-4H3,(H,32,36)(H,33,37)(H,29,30,31). The van der Waals surface area contributed by atoms with Crippen LogP contribution in [-0.2, 0) is 6.18 Å². The Morgan fingerprint density at radius 1 is 0.973 bits per heavy atom. The first-order valence-corrected chi connectivity index (χ1v) is 11.1. The maximum Gasteiger partial charge on any atom is 0.416 e. The van der Waals surface area contributed by atoms with Crippen molar-refractivity contribution in [3.63, 3.8) is 0 Å². The van der Waals surface area contributed by atoms with E-state index in [4.69, 9.17) is 0 Å². The molecule has 0 radical (unpaired) electrons. The number of aromatic nitrogens is 3. The molecule has 0 unspecified atom stereocenters. The molecule has 0 bridgehead atoms. The number of rotatable bonds is 5. The van der Waals surface area contributed by atoms with E-state index >= 15 is 0 Å². The minimum atomic E-state index is -4.59. The molecule has 3 amide bonds. The first-order valence-electron chi connectivity index (χ1n) is 11.1. The smallest absolute Gasteiger partial charge is 0.377 e. The molecule has 3 N–H and O–H groups in total. The summed E-state index contributed by atoms with van der Waals surface area (Å²) in [6, 6.07) is 9.09. The summed E-state index contributed by atoms with van der Waals surface area (Å²) in [4.78, 5) is 40.1. The lowest BCUT2D eigenvalue weighted by Gasteiger charge is -2.20. The minimum Gasteiger partial charge on any atom is -0.377 e. The van der Waals surface area contributed by atoms with Crippen LogP contribution in [0.1, 0.15) is 21.5 Å². The highest BCUT2D eigenvalue weighted by Crippen LogP contribution is 2.33. The summed E-state index contributed by atoms with van der Waals surface area (Å²) in [5.41, 5.74) is 1.26. The molecule has 4 aromatic rings. The van der Waals surface area contributed by atoms with E-state index < -0.39 is 23.7 Å². The summed E-state index contributed by atoms with van der Waals surface area (Å²) in [6.07, 6.45) is -1.56. The van der Waals surface area contributed by atoms with E-state index in [1.54, 1.807) is 57.4 Å². The Morgan fingerprint density at radius 3 is 2.43 bits per heavy atom. The summed E-state index contributed by atoms with van der Waals surface area (Å²) in [5, 5.41) is 6.08. The lowest BCUT2D eigenvalue weighted by molar-refractivity contribution is -0.137. The Bertz CT molecular complexity index is 1480. The molecule has 12 heteroatoms. The molecule has 0 aliphatic rings. The highest BCUT2D eigenvalue weighted by Gasteiger charge is 2.32. The van der Waals surface area contributed by atoms with Gasteiger partial charge in [-0.05, 0) is 48.9 Å². The third kappa shape index (κ3) is 5.32. The number of nitrogens with zero attached hydrogens (tertiary/aromatic N) is 4. The van der Waals surface area contributed by atoms with Crippen molar-refractivity contribution in [2.75, 3.05) is 41.6 Å². The van der Waals surface area contributed by atoms with E-state index in [0.29, 0.717) is 39.5 Å². The number of fused-ring (bicyclic) bond motifs is 1. The Balaban J connectivity index is 1.57. The highest BCUT2D eigenvalue weighted by atomic mass is 19.4. The van der Waals surface area contributed by atoms with Crippen molar-refractivity contribution in [3.8, 4) is 0 Å². The van der Waals surface area contributed by atoms with Gasteiger partial charge in [0, 0.05) is 44.4 Å². The van der Waals surface area contributed by atoms with Gasteiger partial charge in [-0.1, -0.05) is 6.07 Å². The molecule has 2 heterocycles. The monoisotopic (exact) mass is 511 g/mol. The number of carbonyl (C=O) groups excluding carboxylic acids is 2. The molecule has 4 rings (SSSR count). The summed E-state index contributed by atoms with van der Waals surface area (Å²) >= 11 is 0. The largest absolute Gasteiger partial charge is 0.416 e. The van der Waals surface area contributed by atoms with Gasteiger partial charge in [-0.2, -0.15) is 13.2 Å². The van der Waals surface area contributed by atoms with Crippen molar-refractivity contribution < 1.29 is 22.8 Å². The Kier molecular flexibility index (Phi) is 6.75. The van der Waals surface area contributed by atoms with Gasteiger partial charge in [-0.15, -0.1) is 0 Å². The fourth-order valence-corrected chi connectivity index (χ4v) is 3.74. The summed E-state index contributed by atoms with van der Waals surface area (Å²) in [5.74, 6) is -0.324. The molecule has 0 saturated carbocycles. The first kappa shape index (κ1) is 25.5. The molecule has 9 nitrogen and oxygen atoms in total. The van der Waals surface area contributed by atoms with Crippen LogP contribution < -0.4 is 20.4 Å². The third-order valence-corrected chi connectivity index (χ3v) is 5.74. The molecule has 37 heavy (non-hydrogen) atoms. The summed E-state index contributed by atoms with van der Waals surface area (Å²) in [6.45, 7) is 1.77. The number of benzene rings is 2. The Morgan fingerprint density at radius 2 is 1.73 bits per heavy atom. The molecule has 192 valence electrons. The molecule has 0 aliphatic heterocycles. The van der Waals surface area contributed by atoms with Gasteiger partial charge in [0.05, 0.1) is 16.5 Å².